The summed E-state index contributed by atoms with van der Waals surface area (Å²) in [5.74, 6) is 1.32. The Balaban J connectivity index is 1.99. The molecule has 1 aliphatic rings. The molecule has 118 valence electrons. The lowest BCUT2D eigenvalue weighted by molar-refractivity contribution is -0.110. The van der Waals surface area contributed by atoms with Gasteiger partial charge < -0.3 is 14.8 Å². The minimum Gasteiger partial charge on any atom is -0.490 e. The molecule has 0 aliphatic carbocycles. The number of hydrogen-bond acceptors (Lipinski definition) is 3. The highest BCUT2D eigenvalue weighted by atomic mass is 16.5. The largest absolute Gasteiger partial charge is 0.490 e. The molecule has 0 saturated carbocycles. The molecular formula is C19H19NO3. The quantitative estimate of drug-likeness (QED) is 0.850. The maximum absolute atomic E-state index is 12.2. The van der Waals surface area contributed by atoms with E-state index in [0.717, 1.165) is 16.8 Å². The van der Waals surface area contributed by atoms with E-state index in [0.29, 0.717) is 30.3 Å². The fourth-order valence-electron chi connectivity index (χ4n) is 2.61. The summed E-state index contributed by atoms with van der Waals surface area (Å²) >= 11 is 0. The molecule has 1 amide bonds. The van der Waals surface area contributed by atoms with Crippen LogP contribution in [-0.2, 0) is 4.79 Å². The van der Waals surface area contributed by atoms with Crippen molar-refractivity contribution >= 4 is 23.2 Å². The standard InChI is InChI=1S/C19H19NO3/c1-3-22-17-10-9-13(12-18(17)23-4-2)11-15-14-7-5-6-8-16(14)20-19(15)21/h5-12H,3-4H2,1-2H3,(H,20,21)/b15-11+. The Labute approximate surface area is 135 Å². The van der Waals surface area contributed by atoms with Crippen molar-refractivity contribution in [3.05, 3.63) is 53.6 Å². The van der Waals surface area contributed by atoms with Gasteiger partial charge in [0, 0.05) is 16.8 Å². The van der Waals surface area contributed by atoms with Crippen LogP contribution in [0.1, 0.15) is 25.0 Å². The molecule has 0 atom stereocenters. The van der Waals surface area contributed by atoms with E-state index >= 15 is 0 Å². The van der Waals surface area contributed by atoms with Crippen LogP contribution < -0.4 is 14.8 Å². The average molecular weight is 309 g/mol. The lowest BCUT2D eigenvalue weighted by Gasteiger charge is -2.11. The topological polar surface area (TPSA) is 47.6 Å². The molecule has 0 aromatic heterocycles. The monoisotopic (exact) mass is 309 g/mol. The highest BCUT2D eigenvalue weighted by Gasteiger charge is 2.23. The van der Waals surface area contributed by atoms with E-state index in [1.54, 1.807) is 0 Å². The van der Waals surface area contributed by atoms with E-state index in [2.05, 4.69) is 5.32 Å². The highest BCUT2D eigenvalue weighted by molar-refractivity contribution is 6.34. The zero-order chi connectivity index (χ0) is 16.2. The van der Waals surface area contributed by atoms with Crippen LogP contribution in [-0.4, -0.2) is 19.1 Å². The number of amides is 1. The Morgan fingerprint density at radius 1 is 1.00 bits per heavy atom. The van der Waals surface area contributed by atoms with Gasteiger partial charge in [-0.25, -0.2) is 0 Å². The van der Waals surface area contributed by atoms with Crippen molar-refractivity contribution in [2.45, 2.75) is 13.8 Å². The Hall–Kier alpha value is -2.75. The zero-order valence-electron chi connectivity index (χ0n) is 13.3. The Morgan fingerprint density at radius 2 is 1.74 bits per heavy atom. The molecule has 3 rings (SSSR count). The van der Waals surface area contributed by atoms with Crippen LogP contribution >= 0.6 is 0 Å². The van der Waals surface area contributed by atoms with E-state index in [9.17, 15) is 4.79 Å². The van der Waals surface area contributed by atoms with Crippen molar-refractivity contribution in [2.75, 3.05) is 18.5 Å². The number of fused-ring (bicyclic) bond motifs is 1. The molecule has 0 spiro atoms. The SMILES string of the molecule is CCOc1ccc(/C=C2/C(=O)Nc3ccccc32)cc1OCC. The molecule has 0 fully saturated rings. The minimum atomic E-state index is -0.0851. The zero-order valence-corrected chi connectivity index (χ0v) is 13.3. The molecule has 4 nitrogen and oxygen atoms in total. The molecule has 23 heavy (non-hydrogen) atoms. The molecule has 4 heteroatoms. The van der Waals surface area contributed by atoms with Crippen LogP contribution in [0.2, 0.25) is 0 Å². The van der Waals surface area contributed by atoms with Gasteiger partial charge in [0.1, 0.15) is 0 Å². The van der Waals surface area contributed by atoms with Gasteiger partial charge in [0.15, 0.2) is 11.5 Å². The van der Waals surface area contributed by atoms with Gasteiger partial charge in [0.05, 0.1) is 13.2 Å². The van der Waals surface area contributed by atoms with Crippen molar-refractivity contribution in [3.63, 3.8) is 0 Å². The third-order valence-corrected chi connectivity index (χ3v) is 3.59. The van der Waals surface area contributed by atoms with Crippen LogP contribution in [0.15, 0.2) is 42.5 Å². The van der Waals surface area contributed by atoms with Gasteiger partial charge in [-0.15, -0.1) is 0 Å². The van der Waals surface area contributed by atoms with Crippen LogP contribution in [0.25, 0.3) is 11.6 Å². The number of para-hydroxylation sites is 1. The number of ether oxygens (including phenoxy) is 2. The third kappa shape index (κ3) is 3.06. The van der Waals surface area contributed by atoms with Crippen molar-refractivity contribution in [1.82, 2.24) is 0 Å². The first-order chi connectivity index (χ1) is 11.2. The summed E-state index contributed by atoms with van der Waals surface area (Å²) < 4.78 is 11.2. The number of rotatable bonds is 5. The predicted octanol–water partition coefficient (Wildman–Crippen LogP) is 3.98. The summed E-state index contributed by atoms with van der Waals surface area (Å²) in [5, 5.41) is 2.88. The van der Waals surface area contributed by atoms with Gasteiger partial charge >= 0.3 is 0 Å². The van der Waals surface area contributed by atoms with E-state index in [1.165, 1.54) is 0 Å². The second-order valence-corrected chi connectivity index (χ2v) is 5.13. The molecule has 1 N–H and O–H groups in total. The summed E-state index contributed by atoms with van der Waals surface area (Å²) in [5.41, 5.74) is 3.33. The molecule has 2 aromatic carbocycles. The fourth-order valence-corrected chi connectivity index (χ4v) is 2.61. The predicted molar refractivity (Wildman–Crippen MR) is 91.7 cm³/mol. The first kappa shape index (κ1) is 15.2. The summed E-state index contributed by atoms with van der Waals surface area (Å²) in [4.78, 5) is 12.2. The van der Waals surface area contributed by atoms with Gasteiger partial charge in [-0.05, 0) is 43.7 Å². The van der Waals surface area contributed by atoms with Gasteiger partial charge in [0.2, 0.25) is 0 Å². The van der Waals surface area contributed by atoms with Crippen LogP contribution in [0, 0.1) is 0 Å². The highest BCUT2D eigenvalue weighted by Crippen LogP contribution is 2.34. The molecule has 1 aliphatic heterocycles. The number of carbonyl (C=O) groups excluding carboxylic acids is 1. The normalized spacial score (nSPS) is 14.5. The Morgan fingerprint density at radius 3 is 2.52 bits per heavy atom. The van der Waals surface area contributed by atoms with E-state index in [-0.39, 0.29) is 5.91 Å². The minimum absolute atomic E-state index is 0.0851. The van der Waals surface area contributed by atoms with E-state index in [1.807, 2.05) is 62.4 Å². The maximum Gasteiger partial charge on any atom is 0.256 e. The Kier molecular flexibility index (Phi) is 4.33. The Bertz CT molecular complexity index is 765. The summed E-state index contributed by atoms with van der Waals surface area (Å²) in [6.45, 7) is 5.01. The molecular weight excluding hydrogens is 290 g/mol. The number of benzene rings is 2. The summed E-state index contributed by atoms with van der Waals surface area (Å²) in [6, 6.07) is 13.4. The molecule has 2 aromatic rings. The number of nitrogens with one attached hydrogen (secondary N) is 1. The summed E-state index contributed by atoms with van der Waals surface area (Å²) in [6.07, 6.45) is 1.87. The van der Waals surface area contributed by atoms with E-state index in [4.69, 9.17) is 9.47 Å². The second-order valence-electron chi connectivity index (χ2n) is 5.13. The van der Waals surface area contributed by atoms with Crippen molar-refractivity contribution in [1.29, 1.82) is 0 Å². The van der Waals surface area contributed by atoms with Gasteiger partial charge in [0.25, 0.3) is 5.91 Å². The maximum atomic E-state index is 12.2. The molecule has 0 unspecified atom stereocenters. The van der Waals surface area contributed by atoms with Gasteiger partial charge in [-0.2, -0.15) is 0 Å². The number of carbonyl (C=O) groups is 1. The van der Waals surface area contributed by atoms with Crippen LogP contribution in [0.4, 0.5) is 5.69 Å². The number of anilines is 1. The molecule has 0 saturated heterocycles. The van der Waals surface area contributed by atoms with E-state index < -0.39 is 0 Å². The van der Waals surface area contributed by atoms with Gasteiger partial charge in [-0.3, -0.25) is 4.79 Å². The lowest BCUT2D eigenvalue weighted by Crippen LogP contribution is -2.03. The average Bonchev–Trinajstić information content (AvgIpc) is 2.86. The van der Waals surface area contributed by atoms with Crippen molar-refractivity contribution < 1.29 is 14.3 Å². The first-order valence-electron chi connectivity index (χ1n) is 7.75. The molecule has 1 heterocycles. The number of hydrogen-bond donors (Lipinski definition) is 1. The first-order valence-corrected chi connectivity index (χ1v) is 7.75. The third-order valence-electron chi connectivity index (χ3n) is 3.59. The lowest BCUT2D eigenvalue weighted by atomic mass is 10.0. The fraction of sp³-hybridized carbons (Fsp3) is 0.211. The van der Waals surface area contributed by atoms with Gasteiger partial charge in [-0.1, -0.05) is 24.3 Å². The molecule has 0 bridgehead atoms. The van der Waals surface area contributed by atoms with Crippen molar-refractivity contribution in [3.8, 4) is 11.5 Å². The smallest absolute Gasteiger partial charge is 0.256 e. The van der Waals surface area contributed by atoms with Crippen LogP contribution in [0.5, 0.6) is 11.5 Å². The summed E-state index contributed by atoms with van der Waals surface area (Å²) in [7, 11) is 0. The van der Waals surface area contributed by atoms with Crippen LogP contribution in [0.3, 0.4) is 0 Å². The molecule has 0 radical (unpaired) electrons. The second kappa shape index (κ2) is 6.57. The van der Waals surface area contributed by atoms with Crippen molar-refractivity contribution in [2.24, 2.45) is 0 Å².